The minimum Gasteiger partial charge on any atom is -0.462 e. The number of carbonyl (C=O) groups is 1. The molecular weight excluding hydrogens is 245 g/mol. The summed E-state index contributed by atoms with van der Waals surface area (Å²) in [6.45, 7) is 2.00. The summed E-state index contributed by atoms with van der Waals surface area (Å²) in [7, 11) is 0. The molecule has 0 aliphatic carbocycles. The van der Waals surface area contributed by atoms with Crippen LogP contribution in [0.3, 0.4) is 0 Å². The predicted octanol–water partition coefficient (Wildman–Crippen LogP) is 3.20. The fraction of sp³-hybridized carbons (Fsp3) is 0.167. The Labute approximate surface area is 102 Å². The van der Waals surface area contributed by atoms with Crippen molar-refractivity contribution in [3.63, 3.8) is 0 Å². The van der Waals surface area contributed by atoms with Gasteiger partial charge in [0.25, 0.3) is 0 Å². The van der Waals surface area contributed by atoms with E-state index in [0.717, 1.165) is 0 Å². The Morgan fingerprint density at radius 1 is 1.47 bits per heavy atom. The fourth-order valence-electron chi connectivity index (χ4n) is 1.48. The van der Waals surface area contributed by atoms with Crippen molar-refractivity contribution in [2.45, 2.75) is 6.92 Å². The van der Waals surface area contributed by atoms with E-state index in [4.69, 9.17) is 16.3 Å². The largest absolute Gasteiger partial charge is 0.462 e. The third-order valence-electron chi connectivity index (χ3n) is 2.23. The standard InChI is InChI=1S/C12H9ClFNO2/c1-2-17-12(16)7-3-9-10(13)4-8(14)5-11(9)15-6-7/h3-6H,2H2,1H3. The van der Waals surface area contributed by atoms with Crippen molar-refractivity contribution in [3.8, 4) is 0 Å². The van der Waals surface area contributed by atoms with Gasteiger partial charge in [-0.3, -0.25) is 4.98 Å². The van der Waals surface area contributed by atoms with Gasteiger partial charge in [0.05, 0.1) is 22.7 Å². The first kappa shape index (κ1) is 11.8. The van der Waals surface area contributed by atoms with E-state index in [1.165, 1.54) is 18.3 Å². The van der Waals surface area contributed by atoms with Crippen LogP contribution in [0.5, 0.6) is 0 Å². The van der Waals surface area contributed by atoms with Gasteiger partial charge in [-0.2, -0.15) is 0 Å². The molecule has 2 aromatic rings. The van der Waals surface area contributed by atoms with E-state index >= 15 is 0 Å². The molecular formula is C12H9ClFNO2. The lowest BCUT2D eigenvalue weighted by molar-refractivity contribution is 0.0526. The number of nitrogens with zero attached hydrogens (tertiary/aromatic N) is 1. The molecule has 0 aliphatic rings. The quantitative estimate of drug-likeness (QED) is 0.772. The number of fused-ring (bicyclic) bond motifs is 1. The van der Waals surface area contributed by atoms with Crippen LogP contribution in [-0.4, -0.2) is 17.6 Å². The van der Waals surface area contributed by atoms with Crippen molar-refractivity contribution < 1.29 is 13.9 Å². The highest BCUT2D eigenvalue weighted by Crippen LogP contribution is 2.24. The third kappa shape index (κ3) is 2.36. The van der Waals surface area contributed by atoms with Gasteiger partial charge in [-0.05, 0) is 19.1 Å². The van der Waals surface area contributed by atoms with E-state index in [-0.39, 0.29) is 11.6 Å². The highest BCUT2D eigenvalue weighted by molar-refractivity contribution is 6.35. The average Bonchev–Trinajstić information content (AvgIpc) is 2.28. The van der Waals surface area contributed by atoms with Crippen molar-refractivity contribution in [1.82, 2.24) is 4.98 Å². The van der Waals surface area contributed by atoms with Crippen molar-refractivity contribution in [2.24, 2.45) is 0 Å². The van der Waals surface area contributed by atoms with Gasteiger partial charge < -0.3 is 4.74 Å². The molecule has 2 rings (SSSR count). The Kier molecular flexibility index (Phi) is 3.24. The number of benzene rings is 1. The number of halogens is 2. The molecule has 0 aliphatic heterocycles. The second-order valence-electron chi connectivity index (χ2n) is 3.40. The van der Waals surface area contributed by atoms with Gasteiger partial charge in [0.1, 0.15) is 5.82 Å². The number of esters is 1. The molecule has 0 amide bonds. The normalized spacial score (nSPS) is 10.5. The highest BCUT2D eigenvalue weighted by atomic mass is 35.5. The van der Waals surface area contributed by atoms with Crippen molar-refractivity contribution in [3.05, 3.63) is 40.8 Å². The molecule has 0 saturated heterocycles. The summed E-state index contributed by atoms with van der Waals surface area (Å²) in [4.78, 5) is 15.5. The average molecular weight is 254 g/mol. The van der Waals surface area contributed by atoms with Crippen LogP contribution in [0.2, 0.25) is 5.02 Å². The second kappa shape index (κ2) is 4.67. The molecule has 1 heterocycles. The summed E-state index contributed by atoms with van der Waals surface area (Å²) in [6, 6.07) is 3.98. The van der Waals surface area contributed by atoms with Crippen LogP contribution in [0.25, 0.3) is 10.9 Å². The van der Waals surface area contributed by atoms with E-state index in [9.17, 15) is 9.18 Å². The van der Waals surface area contributed by atoms with Crippen LogP contribution in [0, 0.1) is 5.82 Å². The molecule has 0 saturated carbocycles. The lowest BCUT2D eigenvalue weighted by atomic mass is 10.1. The van der Waals surface area contributed by atoms with Crippen LogP contribution in [0.15, 0.2) is 24.4 Å². The zero-order valence-corrected chi connectivity index (χ0v) is 9.79. The Morgan fingerprint density at radius 3 is 2.94 bits per heavy atom. The molecule has 0 bridgehead atoms. The van der Waals surface area contributed by atoms with E-state index in [1.54, 1.807) is 13.0 Å². The minimum atomic E-state index is -0.470. The van der Waals surface area contributed by atoms with Gasteiger partial charge in [-0.25, -0.2) is 9.18 Å². The molecule has 1 aromatic carbocycles. The molecule has 0 atom stereocenters. The molecule has 17 heavy (non-hydrogen) atoms. The maximum absolute atomic E-state index is 13.1. The summed E-state index contributed by atoms with van der Waals surface area (Å²) in [5.41, 5.74) is 0.705. The number of rotatable bonds is 2. The van der Waals surface area contributed by atoms with Crippen LogP contribution < -0.4 is 0 Å². The first-order valence-corrected chi connectivity index (χ1v) is 5.41. The van der Waals surface area contributed by atoms with Gasteiger partial charge in [0.2, 0.25) is 0 Å². The van der Waals surface area contributed by atoms with Crippen molar-refractivity contribution >= 4 is 28.5 Å². The molecule has 88 valence electrons. The SMILES string of the molecule is CCOC(=O)c1cnc2cc(F)cc(Cl)c2c1. The Bertz CT molecular complexity index is 586. The van der Waals surface area contributed by atoms with E-state index in [1.807, 2.05) is 0 Å². The first-order chi connectivity index (χ1) is 8.11. The number of hydrogen-bond acceptors (Lipinski definition) is 3. The lowest BCUT2D eigenvalue weighted by Gasteiger charge is -2.04. The maximum Gasteiger partial charge on any atom is 0.339 e. The maximum atomic E-state index is 13.1. The van der Waals surface area contributed by atoms with E-state index in [0.29, 0.717) is 16.5 Å². The van der Waals surface area contributed by atoms with Gasteiger partial charge in [0.15, 0.2) is 0 Å². The fourth-order valence-corrected chi connectivity index (χ4v) is 1.73. The minimum absolute atomic E-state index is 0.221. The van der Waals surface area contributed by atoms with Crippen molar-refractivity contribution in [1.29, 1.82) is 0 Å². The summed E-state index contributed by atoms with van der Waals surface area (Å²) in [5, 5.41) is 0.747. The smallest absolute Gasteiger partial charge is 0.339 e. The second-order valence-corrected chi connectivity index (χ2v) is 3.81. The van der Waals surface area contributed by atoms with E-state index in [2.05, 4.69) is 4.98 Å². The molecule has 0 unspecified atom stereocenters. The van der Waals surface area contributed by atoms with Crippen molar-refractivity contribution in [2.75, 3.05) is 6.61 Å². The topological polar surface area (TPSA) is 39.2 Å². The van der Waals surface area contributed by atoms with Gasteiger partial charge in [0, 0.05) is 17.6 Å². The summed E-state index contributed by atoms with van der Waals surface area (Å²) in [5.74, 6) is -0.929. The Balaban J connectivity index is 2.54. The number of ether oxygens (including phenoxy) is 1. The Hall–Kier alpha value is -1.68. The number of pyridine rings is 1. The van der Waals surface area contributed by atoms with Gasteiger partial charge in [-0.15, -0.1) is 0 Å². The monoisotopic (exact) mass is 253 g/mol. The van der Waals surface area contributed by atoms with Gasteiger partial charge in [-0.1, -0.05) is 11.6 Å². The summed E-state index contributed by atoms with van der Waals surface area (Å²) >= 11 is 5.88. The first-order valence-electron chi connectivity index (χ1n) is 5.03. The molecule has 0 N–H and O–H groups in total. The molecule has 3 nitrogen and oxygen atoms in total. The van der Waals surface area contributed by atoms with Crippen LogP contribution >= 0.6 is 11.6 Å². The zero-order chi connectivity index (χ0) is 12.4. The molecule has 0 radical (unpaired) electrons. The summed E-state index contributed by atoms with van der Waals surface area (Å²) < 4.78 is 17.9. The molecule has 1 aromatic heterocycles. The third-order valence-corrected chi connectivity index (χ3v) is 2.54. The molecule has 0 fully saturated rings. The predicted molar refractivity (Wildman–Crippen MR) is 62.7 cm³/mol. The Morgan fingerprint density at radius 2 is 2.24 bits per heavy atom. The summed E-state index contributed by atoms with van der Waals surface area (Å²) in [6.07, 6.45) is 1.34. The number of aromatic nitrogens is 1. The zero-order valence-electron chi connectivity index (χ0n) is 9.04. The lowest BCUT2D eigenvalue weighted by Crippen LogP contribution is -2.05. The van der Waals surface area contributed by atoms with E-state index < -0.39 is 11.8 Å². The van der Waals surface area contributed by atoms with Crippen LogP contribution in [-0.2, 0) is 4.74 Å². The van der Waals surface area contributed by atoms with Gasteiger partial charge >= 0.3 is 5.97 Å². The molecule has 5 heteroatoms. The van der Waals surface area contributed by atoms with Crippen LogP contribution in [0.1, 0.15) is 17.3 Å². The molecule has 0 spiro atoms. The highest BCUT2D eigenvalue weighted by Gasteiger charge is 2.10. The number of carbonyl (C=O) groups excluding carboxylic acids is 1. The number of hydrogen-bond donors (Lipinski definition) is 0. The van der Waals surface area contributed by atoms with Crippen LogP contribution in [0.4, 0.5) is 4.39 Å².